The van der Waals surface area contributed by atoms with Crippen LogP contribution in [0.4, 0.5) is 5.13 Å². The lowest BCUT2D eigenvalue weighted by atomic mass is 9.97. The third kappa shape index (κ3) is 3.76. The molecule has 1 aliphatic heterocycles. The molecule has 1 saturated heterocycles. The molecule has 2 unspecified atom stereocenters. The van der Waals surface area contributed by atoms with Crippen LogP contribution >= 0.6 is 11.3 Å². The number of likely N-dealkylation sites (tertiary alicyclic amines) is 1. The van der Waals surface area contributed by atoms with Gasteiger partial charge in [0, 0.05) is 30.7 Å². The summed E-state index contributed by atoms with van der Waals surface area (Å²) in [6.07, 6.45) is 2.73. The van der Waals surface area contributed by atoms with E-state index in [-0.39, 0.29) is 11.9 Å². The van der Waals surface area contributed by atoms with Gasteiger partial charge >= 0.3 is 0 Å². The van der Waals surface area contributed by atoms with Gasteiger partial charge in [-0.3, -0.25) is 9.69 Å². The second kappa shape index (κ2) is 5.57. The molecule has 3 N–H and O–H groups in total. The maximum Gasteiger partial charge on any atom is 0.240 e. The number of hydrogen-bond acceptors (Lipinski definition) is 5. The van der Waals surface area contributed by atoms with Gasteiger partial charge in [-0.05, 0) is 12.3 Å². The number of hydrogen-bond donors (Lipinski definition) is 2. The Hall–Kier alpha value is -0.980. The van der Waals surface area contributed by atoms with Gasteiger partial charge in [0.05, 0.1) is 6.54 Å². The highest BCUT2D eigenvalue weighted by atomic mass is 32.1. The summed E-state index contributed by atoms with van der Waals surface area (Å²) in [4.78, 5) is 17.9. The number of rotatable bonds is 3. The molecule has 94 valence electrons. The summed E-state index contributed by atoms with van der Waals surface area (Å²) in [5.41, 5.74) is 5.94. The molecule has 0 bridgehead atoms. The average molecular weight is 254 g/mol. The molecule has 1 aliphatic rings. The van der Waals surface area contributed by atoms with E-state index in [1.54, 1.807) is 6.20 Å². The molecular weight excluding hydrogens is 236 g/mol. The zero-order valence-corrected chi connectivity index (χ0v) is 10.7. The van der Waals surface area contributed by atoms with Crippen molar-refractivity contribution in [2.45, 2.75) is 19.4 Å². The Morgan fingerprint density at radius 3 is 3.18 bits per heavy atom. The van der Waals surface area contributed by atoms with Crippen LogP contribution in [-0.4, -0.2) is 41.5 Å². The number of amides is 1. The van der Waals surface area contributed by atoms with Crippen LogP contribution in [0.3, 0.4) is 0 Å². The first kappa shape index (κ1) is 12.5. The van der Waals surface area contributed by atoms with Crippen LogP contribution in [-0.2, 0) is 4.79 Å². The topological polar surface area (TPSA) is 71.2 Å². The standard InChI is InChI=1S/C11H18N4OS/c1-8-4-9(12)6-15(5-8)7-10(16)14-11-13-2-3-17-11/h2-3,8-9H,4-7,12H2,1H3,(H,13,14,16). The molecule has 0 aliphatic carbocycles. The van der Waals surface area contributed by atoms with E-state index >= 15 is 0 Å². The molecule has 5 nitrogen and oxygen atoms in total. The van der Waals surface area contributed by atoms with Crippen LogP contribution in [0.2, 0.25) is 0 Å². The normalized spacial score (nSPS) is 25.8. The van der Waals surface area contributed by atoms with Crippen molar-refractivity contribution in [1.82, 2.24) is 9.88 Å². The van der Waals surface area contributed by atoms with Crippen molar-refractivity contribution in [2.75, 3.05) is 25.0 Å². The summed E-state index contributed by atoms with van der Waals surface area (Å²) >= 11 is 1.43. The van der Waals surface area contributed by atoms with Gasteiger partial charge in [0.1, 0.15) is 0 Å². The highest BCUT2D eigenvalue weighted by Gasteiger charge is 2.23. The third-order valence-corrected chi connectivity index (χ3v) is 3.50. The minimum atomic E-state index is -0.0127. The number of carbonyl (C=O) groups excluding carboxylic acids is 1. The first-order valence-electron chi connectivity index (χ1n) is 5.81. The van der Waals surface area contributed by atoms with E-state index in [1.165, 1.54) is 11.3 Å². The van der Waals surface area contributed by atoms with Crippen molar-refractivity contribution in [3.05, 3.63) is 11.6 Å². The van der Waals surface area contributed by atoms with Crippen LogP contribution < -0.4 is 11.1 Å². The predicted molar refractivity (Wildman–Crippen MR) is 68.9 cm³/mol. The molecule has 17 heavy (non-hydrogen) atoms. The molecule has 6 heteroatoms. The van der Waals surface area contributed by atoms with E-state index in [9.17, 15) is 4.79 Å². The Kier molecular flexibility index (Phi) is 4.09. The molecule has 2 rings (SSSR count). The molecule has 2 heterocycles. The van der Waals surface area contributed by atoms with Crippen LogP contribution in [0.15, 0.2) is 11.6 Å². The highest BCUT2D eigenvalue weighted by molar-refractivity contribution is 7.13. The molecule has 0 radical (unpaired) electrons. The lowest BCUT2D eigenvalue weighted by molar-refractivity contribution is -0.117. The molecule has 1 aromatic rings. The number of thiazole rings is 1. The summed E-state index contributed by atoms with van der Waals surface area (Å²) in [6.45, 7) is 4.32. The number of carbonyl (C=O) groups is 1. The fraction of sp³-hybridized carbons (Fsp3) is 0.636. The van der Waals surface area contributed by atoms with Gasteiger partial charge in [-0.25, -0.2) is 4.98 Å². The molecular formula is C11H18N4OS. The van der Waals surface area contributed by atoms with Crippen molar-refractivity contribution in [1.29, 1.82) is 0 Å². The van der Waals surface area contributed by atoms with Crippen LogP contribution in [0, 0.1) is 5.92 Å². The average Bonchev–Trinajstić information content (AvgIpc) is 2.67. The number of nitrogens with two attached hydrogens (primary N) is 1. The Morgan fingerprint density at radius 2 is 2.53 bits per heavy atom. The summed E-state index contributed by atoms with van der Waals surface area (Å²) in [5, 5.41) is 5.28. The van der Waals surface area contributed by atoms with Gasteiger partial charge in [-0.1, -0.05) is 6.92 Å². The lowest BCUT2D eigenvalue weighted by Crippen LogP contribution is -2.48. The van der Waals surface area contributed by atoms with Crippen LogP contribution in [0.25, 0.3) is 0 Å². The lowest BCUT2D eigenvalue weighted by Gasteiger charge is -2.34. The Morgan fingerprint density at radius 1 is 1.71 bits per heavy atom. The van der Waals surface area contributed by atoms with Gasteiger partial charge in [0.25, 0.3) is 0 Å². The number of anilines is 1. The molecule has 0 aromatic carbocycles. The van der Waals surface area contributed by atoms with Gasteiger partial charge in [-0.15, -0.1) is 11.3 Å². The van der Waals surface area contributed by atoms with Crippen molar-refractivity contribution < 1.29 is 4.79 Å². The number of nitrogens with one attached hydrogen (secondary N) is 1. The summed E-state index contributed by atoms with van der Waals surface area (Å²) in [7, 11) is 0. The van der Waals surface area contributed by atoms with Crippen molar-refractivity contribution in [2.24, 2.45) is 11.7 Å². The van der Waals surface area contributed by atoms with Crippen molar-refractivity contribution in [3.8, 4) is 0 Å². The van der Waals surface area contributed by atoms with Gasteiger partial charge in [-0.2, -0.15) is 0 Å². The van der Waals surface area contributed by atoms with E-state index in [0.717, 1.165) is 19.5 Å². The van der Waals surface area contributed by atoms with Gasteiger partial charge < -0.3 is 11.1 Å². The monoisotopic (exact) mass is 254 g/mol. The Labute approximate surface area is 105 Å². The van der Waals surface area contributed by atoms with Crippen LogP contribution in [0.1, 0.15) is 13.3 Å². The second-order valence-corrected chi connectivity index (χ2v) is 5.58. The first-order chi connectivity index (χ1) is 8.13. The molecule has 1 fully saturated rings. The van der Waals surface area contributed by atoms with Gasteiger partial charge in [0.15, 0.2) is 5.13 Å². The van der Waals surface area contributed by atoms with E-state index < -0.39 is 0 Å². The fourth-order valence-corrected chi connectivity index (χ4v) is 2.83. The Balaban J connectivity index is 1.82. The third-order valence-electron chi connectivity index (χ3n) is 2.81. The smallest absolute Gasteiger partial charge is 0.240 e. The number of aromatic nitrogens is 1. The molecule has 1 aromatic heterocycles. The molecule has 0 saturated carbocycles. The van der Waals surface area contributed by atoms with Crippen LogP contribution in [0.5, 0.6) is 0 Å². The van der Waals surface area contributed by atoms with Crippen molar-refractivity contribution in [3.63, 3.8) is 0 Å². The fourth-order valence-electron chi connectivity index (χ4n) is 2.29. The highest BCUT2D eigenvalue weighted by Crippen LogP contribution is 2.15. The largest absolute Gasteiger partial charge is 0.327 e. The minimum absolute atomic E-state index is 0.0127. The summed E-state index contributed by atoms with van der Waals surface area (Å²) in [6, 6.07) is 0.186. The van der Waals surface area contributed by atoms with E-state index in [4.69, 9.17) is 5.73 Å². The SMILES string of the molecule is CC1CC(N)CN(CC(=O)Nc2nccs2)C1. The molecule has 0 spiro atoms. The zero-order chi connectivity index (χ0) is 12.3. The summed E-state index contributed by atoms with van der Waals surface area (Å²) in [5.74, 6) is 0.549. The quantitative estimate of drug-likeness (QED) is 0.835. The maximum atomic E-state index is 11.8. The minimum Gasteiger partial charge on any atom is -0.327 e. The Bertz CT molecular complexity index is 358. The number of piperidine rings is 1. The van der Waals surface area contributed by atoms with E-state index in [2.05, 4.69) is 22.1 Å². The maximum absolute atomic E-state index is 11.8. The molecule has 1 amide bonds. The first-order valence-corrected chi connectivity index (χ1v) is 6.68. The van der Waals surface area contributed by atoms with E-state index in [1.807, 2.05) is 5.38 Å². The van der Waals surface area contributed by atoms with E-state index in [0.29, 0.717) is 17.6 Å². The number of nitrogens with zero attached hydrogens (tertiary/aromatic N) is 2. The summed E-state index contributed by atoms with van der Waals surface area (Å²) < 4.78 is 0. The van der Waals surface area contributed by atoms with Crippen molar-refractivity contribution >= 4 is 22.4 Å². The van der Waals surface area contributed by atoms with Gasteiger partial charge in [0.2, 0.25) is 5.91 Å². The molecule has 2 atom stereocenters. The second-order valence-electron chi connectivity index (χ2n) is 4.68. The predicted octanol–water partition coefficient (Wildman–Crippen LogP) is 0.751. The zero-order valence-electron chi connectivity index (χ0n) is 9.93.